The van der Waals surface area contributed by atoms with Crippen LogP contribution in [0.25, 0.3) is 11.1 Å². The molecule has 4 rings (SSSR count). The van der Waals surface area contributed by atoms with Crippen molar-refractivity contribution < 1.29 is 31.1 Å². The van der Waals surface area contributed by atoms with Crippen LogP contribution in [0.4, 0.5) is 8.78 Å². The zero-order valence-electron chi connectivity index (χ0n) is 19.0. The number of carbonyl (C=O) groups excluding carboxylic acids is 1. The molecule has 1 heterocycles. The summed E-state index contributed by atoms with van der Waals surface area (Å²) in [6.07, 6.45) is 0. The first-order valence-electron chi connectivity index (χ1n) is 10.7. The van der Waals surface area contributed by atoms with E-state index in [4.69, 9.17) is 4.42 Å². The fourth-order valence-corrected chi connectivity index (χ4v) is 5.25. The number of amides is 1. The van der Waals surface area contributed by atoms with Gasteiger partial charge in [-0.05, 0) is 60.5 Å². The van der Waals surface area contributed by atoms with E-state index < -0.39 is 22.5 Å². The molecule has 36 heavy (non-hydrogen) atoms. The maximum Gasteiger partial charge on any atom is 0.387 e. The molecule has 0 unspecified atom stereocenters. The number of aryl methyl sites for hydroxylation is 1. The van der Waals surface area contributed by atoms with E-state index in [1.54, 1.807) is 37.3 Å². The van der Waals surface area contributed by atoms with Gasteiger partial charge in [-0.3, -0.25) is 4.79 Å². The van der Waals surface area contributed by atoms with Gasteiger partial charge in [0, 0.05) is 16.2 Å². The maximum absolute atomic E-state index is 12.5. The van der Waals surface area contributed by atoms with Crippen LogP contribution in [0.15, 0.2) is 99.1 Å². The molecule has 0 bridgehead atoms. The molecule has 0 spiro atoms. The van der Waals surface area contributed by atoms with E-state index in [1.165, 1.54) is 42.1 Å². The monoisotopic (exact) mass is 529 g/mol. The van der Waals surface area contributed by atoms with Crippen LogP contribution >= 0.6 is 11.8 Å². The number of furan rings is 1. The number of halogens is 2. The van der Waals surface area contributed by atoms with Gasteiger partial charge >= 0.3 is 12.5 Å². The molecule has 0 atom stereocenters. The molecular formula is C26H21F2NO5S2. The number of hydrogen-bond donors (Lipinski definition) is 1. The van der Waals surface area contributed by atoms with Gasteiger partial charge < -0.3 is 9.15 Å². The molecule has 1 amide bonds. The number of hydrogen-bond acceptors (Lipinski definition) is 6. The first-order chi connectivity index (χ1) is 17.2. The third-order valence-corrected chi connectivity index (χ3v) is 7.59. The second-order valence-corrected chi connectivity index (χ2v) is 10.4. The van der Waals surface area contributed by atoms with E-state index in [0.717, 1.165) is 21.6 Å². The average Bonchev–Trinajstić information content (AvgIpc) is 3.24. The fraction of sp³-hybridized carbons (Fsp3) is 0.115. The Kier molecular flexibility index (Phi) is 7.76. The number of sulfonamides is 1. The van der Waals surface area contributed by atoms with Gasteiger partial charge in [-0.2, -0.15) is 8.78 Å². The third-order valence-electron chi connectivity index (χ3n) is 5.19. The first-order valence-corrected chi connectivity index (χ1v) is 13.2. The Labute approximate surface area is 211 Å². The van der Waals surface area contributed by atoms with Gasteiger partial charge in [0.1, 0.15) is 11.5 Å². The largest absolute Gasteiger partial charge is 0.456 e. The number of thioether (sulfide) groups is 1. The lowest BCUT2D eigenvalue weighted by molar-refractivity contribution is -0.0498. The highest BCUT2D eigenvalue weighted by Gasteiger charge is 2.22. The molecule has 1 N–H and O–H groups in total. The highest BCUT2D eigenvalue weighted by Crippen LogP contribution is 2.29. The zero-order valence-corrected chi connectivity index (χ0v) is 20.6. The summed E-state index contributed by atoms with van der Waals surface area (Å²) in [5, 5.41) is 0. The molecule has 0 aliphatic carbocycles. The Morgan fingerprint density at radius 1 is 0.972 bits per heavy atom. The molecule has 6 nitrogen and oxygen atoms in total. The molecule has 186 valence electrons. The summed E-state index contributed by atoms with van der Waals surface area (Å²) in [4.78, 5) is 13.4. The average molecular weight is 530 g/mol. The zero-order chi connectivity index (χ0) is 25.7. The van der Waals surface area contributed by atoms with Crippen molar-refractivity contribution in [3.63, 3.8) is 0 Å². The van der Waals surface area contributed by atoms with Crippen LogP contribution in [0.3, 0.4) is 0 Å². The van der Waals surface area contributed by atoms with E-state index in [2.05, 4.69) is 4.74 Å². The van der Waals surface area contributed by atoms with Crippen LogP contribution in [-0.4, -0.2) is 20.9 Å². The summed E-state index contributed by atoms with van der Waals surface area (Å²) in [6.45, 7) is -1.15. The van der Waals surface area contributed by atoms with E-state index >= 15 is 0 Å². The lowest BCUT2D eigenvalue weighted by atomic mass is 10.1. The van der Waals surface area contributed by atoms with E-state index in [9.17, 15) is 22.0 Å². The lowest BCUT2D eigenvalue weighted by Crippen LogP contribution is -2.30. The van der Waals surface area contributed by atoms with Gasteiger partial charge in [-0.1, -0.05) is 42.5 Å². The van der Waals surface area contributed by atoms with Crippen LogP contribution in [0.5, 0.6) is 5.75 Å². The number of rotatable bonds is 9. The van der Waals surface area contributed by atoms with Gasteiger partial charge in [-0.15, -0.1) is 11.8 Å². The third kappa shape index (κ3) is 6.32. The summed E-state index contributed by atoms with van der Waals surface area (Å²) in [5.41, 5.74) is 2.54. The molecule has 0 aliphatic heterocycles. The normalized spacial score (nSPS) is 11.4. The topological polar surface area (TPSA) is 85.6 Å². The molecule has 0 saturated carbocycles. The highest BCUT2D eigenvalue weighted by molar-refractivity contribution is 7.98. The van der Waals surface area contributed by atoms with E-state index in [0.29, 0.717) is 11.5 Å². The Morgan fingerprint density at radius 2 is 1.58 bits per heavy atom. The summed E-state index contributed by atoms with van der Waals surface area (Å²) in [5.74, 6) is 0.201. The minimum Gasteiger partial charge on any atom is -0.456 e. The smallest absolute Gasteiger partial charge is 0.387 e. The minimum atomic E-state index is -4.01. The Morgan fingerprint density at radius 3 is 2.19 bits per heavy atom. The molecule has 0 fully saturated rings. The van der Waals surface area contributed by atoms with Gasteiger partial charge in [0.25, 0.3) is 10.0 Å². The Hall–Kier alpha value is -3.63. The van der Waals surface area contributed by atoms with Crippen molar-refractivity contribution in [2.45, 2.75) is 29.1 Å². The lowest BCUT2D eigenvalue weighted by Gasteiger charge is -2.07. The predicted molar refractivity (Wildman–Crippen MR) is 133 cm³/mol. The quantitative estimate of drug-likeness (QED) is 0.257. The van der Waals surface area contributed by atoms with Crippen molar-refractivity contribution in [3.05, 3.63) is 102 Å². The Balaban J connectivity index is 1.37. The number of ether oxygens (including phenoxy) is 1. The second-order valence-electron chi connectivity index (χ2n) is 7.66. The Bertz CT molecular complexity index is 1440. The fourth-order valence-electron chi connectivity index (χ4n) is 3.34. The number of alkyl halides is 2. The predicted octanol–water partition coefficient (Wildman–Crippen LogP) is 6.27. The number of benzene rings is 3. The van der Waals surface area contributed by atoms with Crippen LogP contribution < -0.4 is 9.46 Å². The van der Waals surface area contributed by atoms with Gasteiger partial charge in [0.2, 0.25) is 0 Å². The van der Waals surface area contributed by atoms with Crippen LogP contribution in [0.2, 0.25) is 0 Å². The summed E-state index contributed by atoms with van der Waals surface area (Å²) in [7, 11) is -4.01. The molecular weight excluding hydrogens is 508 g/mol. The molecule has 3 aromatic carbocycles. The van der Waals surface area contributed by atoms with Crippen molar-refractivity contribution >= 4 is 27.7 Å². The summed E-state index contributed by atoms with van der Waals surface area (Å²) >= 11 is 1.52. The number of nitrogens with one attached hydrogen (secondary N) is 1. The first kappa shape index (κ1) is 25.5. The molecule has 4 aromatic rings. The summed E-state index contributed by atoms with van der Waals surface area (Å²) in [6, 6.07) is 23.2. The maximum atomic E-state index is 12.5. The highest BCUT2D eigenvalue weighted by atomic mass is 32.2. The minimum absolute atomic E-state index is 0.0155. The van der Waals surface area contributed by atoms with Crippen LogP contribution in [-0.2, 0) is 15.8 Å². The molecule has 1 aromatic heterocycles. The van der Waals surface area contributed by atoms with Crippen molar-refractivity contribution in [3.8, 4) is 16.9 Å². The summed E-state index contributed by atoms with van der Waals surface area (Å²) < 4.78 is 61.3. The standard InChI is InChI=1S/C26H21F2NO5S2/c1-17-20(15-24(33-17)25(30)29-36(31,32)23-5-3-2-4-6-23)16-35-22-13-9-19(10-14-22)18-7-11-21(12-8-18)34-26(27)28/h2-15,26H,16H2,1H3,(H,29,30). The molecule has 0 aliphatic rings. The van der Waals surface area contributed by atoms with Crippen LogP contribution in [0.1, 0.15) is 21.9 Å². The van der Waals surface area contributed by atoms with Gasteiger partial charge in [0.05, 0.1) is 4.90 Å². The second kappa shape index (κ2) is 11.0. The molecule has 0 radical (unpaired) electrons. The van der Waals surface area contributed by atoms with Crippen LogP contribution in [0, 0.1) is 6.92 Å². The van der Waals surface area contributed by atoms with Crippen molar-refractivity contribution in [2.75, 3.05) is 0 Å². The van der Waals surface area contributed by atoms with E-state index in [1.807, 2.05) is 29.0 Å². The van der Waals surface area contributed by atoms with E-state index in [-0.39, 0.29) is 16.4 Å². The molecule has 10 heteroatoms. The van der Waals surface area contributed by atoms with Gasteiger partial charge in [0.15, 0.2) is 5.76 Å². The molecule has 0 saturated heterocycles. The SMILES string of the molecule is Cc1oc(C(=O)NS(=O)(=O)c2ccccc2)cc1CSc1ccc(-c2ccc(OC(F)F)cc2)cc1. The van der Waals surface area contributed by atoms with Gasteiger partial charge in [-0.25, -0.2) is 13.1 Å². The van der Waals surface area contributed by atoms with Crippen molar-refractivity contribution in [2.24, 2.45) is 0 Å². The van der Waals surface area contributed by atoms with Crippen molar-refractivity contribution in [1.82, 2.24) is 4.72 Å². The number of carbonyl (C=O) groups is 1. The van der Waals surface area contributed by atoms with Crippen molar-refractivity contribution in [1.29, 1.82) is 0 Å².